The Morgan fingerprint density at radius 3 is 2.64 bits per heavy atom. The summed E-state index contributed by atoms with van der Waals surface area (Å²) in [6.07, 6.45) is 0.466. The van der Waals surface area contributed by atoms with Gasteiger partial charge in [-0.25, -0.2) is 17.9 Å². The van der Waals surface area contributed by atoms with Gasteiger partial charge in [0, 0.05) is 12.1 Å². The Morgan fingerprint density at radius 1 is 1.24 bits per heavy atom. The number of rotatable bonds is 7. The monoisotopic (exact) mass is 366 g/mol. The highest BCUT2D eigenvalue weighted by atomic mass is 32.2. The number of ether oxygens (including phenoxy) is 1. The maximum atomic E-state index is 13.4. The molecule has 2 aromatic rings. The lowest BCUT2D eigenvalue weighted by molar-refractivity contribution is 0.0950. The van der Waals surface area contributed by atoms with Crippen LogP contribution in [0.5, 0.6) is 5.75 Å². The van der Waals surface area contributed by atoms with Gasteiger partial charge in [0.1, 0.15) is 0 Å². The largest absolute Gasteiger partial charge is 0.490 e. The number of primary sulfonamides is 1. The summed E-state index contributed by atoms with van der Waals surface area (Å²) in [5.74, 6) is -0.693. The zero-order valence-corrected chi connectivity index (χ0v) is 14.5. The molecule has 0 fully saturated rings. The van der Waals surface area contributed by atoms with Gasteiger partial charge in [0.2, 0.25) is 10.0 Å². The summed E-state index contributed by atoms with van der Waals surface area (Å²) in [6.45, 7) is 2.23. The molecule has 0 heterocycles. The second-order valence-corrected chi connectivity index (χ2v) is 6.97. The maximum absolute atomic E-state index is 13.4. The normalized spacial score (nSPS) is 11.2. The second kappa shape index (κ2) is 8.09. The van der Waals surface area contributed by atoms with E-state index in [9.17, 15) is 17.6 Å². The Labute approximate surface area is 145 Å². The van der Waals surface area contributed by atoms with Crippen LogP contribution in [0.25, 0.3) is 0 Å². The molecular weight excluding hydrogens is 347 g/mol. The third kappa shape index (κ3) is 5.27. The van der Waals surface area contributed by atoms with Crippen LogP contribution in [-0.4, -0.2) is 27.5 Å². The lowest BCUT2D eigenvalue weighted by Gasteiger charge is -2.10. The van der Waals surface area contributed by atoms with Crippen molar-refractivity contribution in [1.29, 1.82) is 0 Å². The molecule has 6 nitrogen and oxygen atoms in total. The van der Waals surface area contributed by atoms with Crippen LogP contribution in [0.3, 0.4) is 0 Å². The molecule has 0 bridgehead atoms. The number of benzene rings is 2. The first-order valence-corrected chi connectivity index (χ1v) is 9.12. The number of nitrogens with two attached hydrogens (primary N) is 1. The maximum Gasteiger partial charge on any atom is 0.251 e. The minimum Gasteiger partial charge on any atom is -0.490 e. The molecule has 0 atom stereocenters. The first kappa shape index (κ1) is 18.9. The van der Waals surface area contributed by atoms with E-state index in [1.807, 2.05) is 0 Å². The number of carbonyl (C=O) groups is 1. The minimum absolute atomic E-state index is 0.119. The van der Waals surface area contributed by atoms with Crippen molar-refractivity contribution in [3.05, 3.63) is 59.4 Å². The van der Waals surface area contributed by atoms with E-state index in [0.29, 0.717) is 18.5 Å². The van der Waals surface area contributed by atoms with Crippen LogP contribution < -0.4 is 15.2 Å². The van der Waals surface area contributed by atoms with Crippen molar-refractivity contribution in [3.63, 3.8) is 0 Å². The Morgan fingerprint density at radius 2 is 1.96 bits per heavy atom. The number of nitrogens with one attached hydrogen (secondary N) is 1. The number of aryl methyl sites for hydroxylation is 1. The van der Waals surface area contributed by atoms with Crippen molar-refractivity contribution < 1.29 is 22.3 Å². The van der Waals surface area contributed by atoms with Gasteiger partial charge in [-0.2, -0.15) is 0 Å². The smallest absolute Gasteiger partial charge is 0.251 e. The molecule has 0 saturated heterocycles. The van der Waals surface area contributed by atoms with Gasteiger partial charge in [-0.3, -0.25) is 4.79 Å². The van der Waals surface area contributed by atoms with Crippen LogP contribution >= 0.6 is 0 Å². The fraction of sp³-hybridized carbons (Fsp3) is 0.235. The van der Waals surface area contributed by atoms with Crippen LogP contribution in [0, 0.1) is 12.7 Å². The fourth-order valence-corrected chi connectivity index (χ4v) is 2.68. The topological polar surface area (TPSA) is 98.5 Å². The van der Waals surface area contributed by atoms with Crippen LogP contribution in [-0.2, 0) is 10.0 Å². The lowest BCUT2D eigenvalue weighted by Crippen LogP contribution is -2.26. The molecule has 0 aliphatic heterocycles. The van der Waals surface area contributed by atoms with E-state index < -0.39 is 21.7 Å². The molecule has 0 aromatic heterocycles. The zero-order valence-electron chi connectivity index (χ0n) is 13.7. The highest BCUT2D eigenvalue weighted by molar-refractivity contribution is 7.89. The van der Waals surface area contributed by atoms with Crippen molar-refractivity contribution in [1.82, 2.24) is 5.32 Å². The predicted octanol–water partition coefficient (Wildman–Crippen LogP) is 1.98. The highest BCUT2D eigenvalue weighted by Crippen LogP contribution is 2.16. The van der Waals surface area contributed by atoms with E-state index in [1.165, 1.54) is 30.3 Å². The lowest BCUT2D eigenvalue weighted by atomic mass is 10.1. The van der Waals surface area contributed by atoms with E-state index in [-0.39, 0.29) is 22.8 Å². The van der Waals surface area contributed by atoms with Crippen molar-refractivity contribution in [2.24, 2.45) is 5.14 Å². The van der Waals surface area contributed by atoms with Crippen LogP contribution in [0.15, 0.2) is 47.4 Å². The first-order chi connectivity index (χ1) is 11.8. The molecule has 0 spiro atoms. The van der Waals surface area contributed by atoms with Gasteiger partial charge < -0.3 is 10.1 Å². The zero-order chi connectivity index (χ0) is 18.4. The number of amides is 1. The van der Waals surface area contributed by atoms with Crippen LogP contribution in [0.2, 0.25) is 0 Å². The van der Waals surface area contributed by atoms with Crippen LogP contribution in [0.1, 0.15) is 22.3 Å². The Balaban J connectivity index is 1.87. The number of sulfonamides is 1. The minimum atomic E-state index is -3.87. The average molecular weight is 366 g/mol. The number of hydrogen-bond acceptors (Lipinski definition) is 4. The number of hydrogen-bond donors (Lipinski definition) is 2. The van der Waals surface area contributed by atoms with Crippen LogP contribution in [0.4, 0.5) is 4.39 Å². The highest BCUT2D eigenvalue weighted by Gasteiger charge is 2.14. The van der Waals surface area contributed by atoms with Crippen molar-refractivity contribution in [3.8, 4) is 5.75 Å². The molecule has 134 valence electrons. The van der Waals surface area contributed by atoms with E-state index >= 15 is 0 Å². The summed E-state index contributed by atoms with van der Waals surface area (Å²) in [5, 5.41) is 7.75. The van der Waals surface area contributed by atoms with E-state index in [0.717, 1.165) is 0 Å². The standard InChI is InChI=1S/C17H19FN2O4S/c1-12-7-8-13(25(19,22)23)11-14(12)17(21)20-9-4-10-24-16-6-3-2-5-15(16)18/h2-3,5-8,11H,4,9-10H2,1H3,(H,20,21)(H2,19,22,23). The fourth-order valence-electron chi connectivity index (χ4n) is 2.14. The number of para-hydroxylation sites is 1. The van der Waals surface area contributed by atoms with Gasteiger partial charge in [-0.15, -0.1) is 0 Å². The number of halogens is 1. The van der Waals surface area contributed by atoms with Gasteiger partial charge in [0.15, 0.2) is 11.6 Å². The Bertz CT molecular complexity index is 869. The third-order valence-corrected chi connectivity index (χ3v) is 4.39. The molecule has 0 saturated carbocycles. The number of carbonyl (C=O) groups excluding carboxylic acids is 1. The molecule has 1 amide bonds. The molecule has 2 aromatic carbocycles. The molecule has 8 heteroatoms. The first-order valence-electron chi connectivity index (χ1n) is 7.58. The summed E-state index contributed by atoms with van der Waals surface area (Å²) in [5.41, 5.74) is 0.869. The third-order valence-electron chi connectivity index (χ3n) is 3.48. The molecule has 0 aliphatic carbocycles. The molecule has 2 rings (SSSR count). The quantitative estimate of drug-likeness (QED) is 0.732. The Kier molecular flexibility index (Phi) is 6.11. The van der Waals surface area contributed by atoms with Gasteiger partial charge in [-0.05, 0) is 43.2 Å². The molecule has 0 aliphatic rings. The predicted molar refractivity (Wildman–Crippen MR) is 91.4 cm³/mol. The summed E-state index contributed by atoms with van der Waals surface area (Å²) in [4.78, 5) is 12.1. The van der Waals surface area contributed by atoms with E-state index in [2.05, 4.69) is 5.32 Å². The summed E-state index contributed by atoms with van der Waals surface area (Å²) in [6, 6.07) is 10.2. The van der Waals surface area contributed by atoms with Gasteiger partial charge in [-0.1, -0.05) is 18.2 Å². The van der Waals surface area contributed by atoms with Gasteiger partial charge >= 0.3 is 0 Å². The van der Waals surface area contributed by atoms with Crippen molar-refractivity contribution in [2.45, 2.75) is 18.2 Å². The molecular formula is C17H19FN2O4S. The van der Waals surface area contributed by atoms with Gasteiger partial charge in [0.05, 0.1) is 11.5 Å². The molecule has 3 N–H and O–H groups in total. The summed E-state index contributed by atoms with van der Waals surface area (Å²) >= 11 is 0. The van der Waals surface area contributed by atoms with E-state index in [1.54, 1.807) is 19.1 Å². The summed E-state index contributed by atoms with van der Waals surface area (Å²) < 4.78 is 41.4. The SMILES string of the molecule is Cc1ccc(S(N)(=O)=O)cc1C(=O)NCCCOc1ccccc1F. The second-order valence-electron chi connectivity index (χ2n) is 5.41. The van der Waals surface area contributed by atoms with Crippen molar-refractivity contribution in [2.75, 3.05) is 13.2 Å². The summed E-state index contributed by atoms with van der Waals surface area (Å²) in [7, 11) is -3.87. The van der Waals surface area contributed by atoms with Crippen molar-refractivity contribution >= 4 is 15.9 Å². The Hall–Kier alpha value is -2.45. The van der Waals surface area contributed by atoms with E-state index in [4.69, 9.17) is 9.88 Å². The van der Waals surface area contributed by atoms with Gasteiger partial charge in [0.25, 0.3) is 5.91 Å². The molecule has 0 unspecified atom stereocenters. The average Bonchev–Trinajstić information content (AvgIpc) is 2.55. The molecule has 25 heavy (non-hydrogen) atoms. The molecule has 0 radical (unpaired) electrons.